The van der Waals surface area contributed by atoms with Gasteiger partial charge >= 0.3 is 0 Å². The zero-order valence-electron chi connectivity index (χ0n) is 14.6. The fourth-order valence-corrected chi connectivity index (χ4v) is 3.22. The first-order chi connectivity index (χ1) is 12.2. The van der Waals surface area contributed by atoms with Crippen LogP contribution in [0.2, 0.25) is 0 Å². The van der Waals surface area contributed by atoms with E-state index in [9.17, 15) is 9.59 Å². The molecule has 0 unspecified atom stereocenters. The summed E-state index contributed by atoms with van der Waals surface area (Å²) < 4.78 is 5.31. The minimum atomic E-state index is -0.186. The number of amides is 2. The Bertz CT molecular complexity index is 596. The van der Waals surface area contributed by atoms with Crippen LogP contribution >= 0.6 is 0 Å². The van der Waals surface area contributed by atoms with Crippen molar-refractivity contribution in [3.05, 3.63) is 29.6 Å². The summed E-state index contributed by atoms with van der Waals surface area (Å²) in [5.74, 6) is -0.218. The topological polar surface area (TPSA) is 74.8 Å². The Labute approximate surface area is 148 Å². The summed E-state index contributed by atoms with van der Waals surface area (Å²) in [6.07, 6.45) is 6.31. The summed E-state index contributed by atoms with van der Waals surface area (Å²) in [7, 11) is 0. The number of aromatic nitrogens is 1. The second-order valence-corrected chi connectivity index (χ2v) is 6.53. The zero-order chi connectivity index (χ0) is 17.5. The second-order valence-electron chi connectivity index (χ2n) is 6.53. The van der Waals surface area contributed by atoms with E-state index in [4.69, 9.17) is 4.74 Å². The third-order valence-corrected chi connectivity index (χ3v) is 4.71. The van der Waals surface area contributed by atoms with E-state index in [1.165, 1.54) is 12.6 Å². The Morgan fingerprint density at radius 3 is 2.52 bits per heavy atom. The smallest absolute Gasteiger partial charge is 0.255 e. The monoisotopic (exact) mass is 346 g/mol. The van der Waals surface area contributed by atoms with Crippen molar-refractivity contribution in [2.75, 3.05) is 52.5 Å². The Balaban J connectivity index is 1.52. The Morgan fingerprint density at radius 2 is 1.76 bits per heavy atom. The molecule has 7 nitrogen and oxygen atoms in total. The molecule has 0 bridgehead atoms. The van der Waals surface area contributed by atoms with Crippen LogP contribution in [0.4, 0.5) is 0 Å². The molecule has 2 fully saturated rings. The largest absolute Gasteiger partial charge is 0.379 e. The van der Waals surface area contributed by atoms with Gasteiger partial charge in [0.05, 0.1) is 24.3 Å². The standard InChI is InChI=1S/C18H26N4O3/c23-17(20-4-7-21-8-10-25-11-9-21)15-12-16(14-19-13-15)18(24)22-5-2-1-3-6-22/h12-14H,1-11H2,(H,20,23). The molecule has 0 saturated carbocycles. The highest BCUT2D eigenvalue weighted by molar-refractivity contribution is 5.99. The van der Waals surface area contributed by atoms with Crippen molar-refractivity contribution in [1.29, 1.82) is 0 Å². The molecule has 2 aliphatic heterocycles. The van der Waals surface area contributed by atoms with Crippen LogP contribution < -0.4 is 5.32 Å². The zero-order valence-corrected chi connectivity index (χ0v) is 14.6. The molecule has 0 aromatic carbocycles. The predicted molar refractivity (Wildman–Crippen MR) is 93.6 cm³/mol. The summed E-state index contributed by atoms with van der Waals surface area (Å²) in [6, 6.07) is 1.65. The van der Waals surface area contributed by atoms with E-state index in [0.29, 0.717) is 17.7 Å². The van der Waals surface area contributed by atoms with Crippen molar-refractivity contribution >= 4 is 11.8 Å². The average Bonchev–Trinajstić information content (AvgIpc) is 2.69. The lowest BCUT2D eigenvalue weighted by molar-refractivity contribution is 0.0383. The van der Waals surface area contributed by atoms with E-state index >= 15 is 0 Å². The fraction of sp³-hybridized carbons (Fsp3) is 0.611. The van der Waals surface area contributed by atoms with Gasteiger partial charge in [0.1, 0.15) is 0 Å². The Morgan fingerprint density at radius 1 is 1.04 bits per heavy atom. The van der Waals surface area contributed by atoms with E-state index in [2.05, 4.69) is 15.2 Å². The van der Waals surface area contributed by atoms with Crippen LogP contribution in [0, 0.1) is 0 Å². The summed E-state index contributed by atoms with van der Waals surface area (Å²) in [5, 5.41) is 2.91. The maximum atomic E-state index is 12.5. The normalized spacial score (nSPS) is 18.8. The SMILES string of the molecule is O=C(NCCN1CCOCC1)c1cncc(C(=O)N2CCCCC2)c1. The van der Waals surface area contributed by atoms with Crippen molar-refractivity contribution in [2.24, 2.45) is 0 Å². The highest BCUT2D eigenvalue weighted by Crippen LogP contribution is 2.13. The van der Waals surface area contributed by atoms with Gasteiger partial charge in [-0.1, -0.05) is 0 Å². The number of carbonyl (C=O) groups excluding carboxylic acids is 2. The molecule has 25 heavy (non-hydrogen) atoms. The van der Waals surface area contributed by atoms with E-state index in [0.717, 1.165) is 58.8 Å². The molecule has 2 amide bonds. The van der Waals surface area contributed by atoms with Gasteiger partial charge in [0.2, 0.25) is 0 Å². The first-order valence-corrected chi connectivity index (χ1v) is 9.06. The molecule has 0 spiro atoms. The van der Waals surface area contributed by atoms with Gasteiger partial charge in [0.15, 0.2) is 0 Å². The quantitative estimate of drug-likeness (QED) is 0.852. The van der Waals surface area contributed by atoms with Crippen LogP contribution in [0.3, 0.4) is 0 Å². The molecule has 1 N–H and O–H groups in total. The van der Waals surface area contributed by atoms with Gasteiger partial charge in [-0.2, -0.15) is 0 Å². The average molecular weight is 346 g/mol. The number of likely N-dealkylation sites (tertiary alicyclic amines) is 1. The number of hydrogen-bond acceptors (Lipinski definition) is 5. The Kier molecular flexibility index (Phi) is 6.36. The van der Waals surface area contributed by atoms with Crippen molar-refractivity contribution in [2.45, 2.75) is 19.3 Å². The molecule has 7 heteroatoms. The highest BCUT2D eigenvalue weighted by atomic mass is 16.5. The molecule has 136 valence electrons. The molecule has 3 rings (SSSR count). The first-order valence-electron chi connectivity index (χ1n) is 9.06. The number of carbonyl (C=O) groups is 2. The molecular weight excluding hydrogens is 320 g/mol. The van der Waals surface area contributed by atoms with E-state index in [-0.39, 0.29) is 11.8 Å². The van der Waals surface area contributed by atoms with Gasteiger partial charge in [-0.25, -0.2) is 0 Å². The summed E-state index contributed by atoms with van der Waals surface area (Å²) in [4.78, 5) is 33.0. The van der Waals surface area contributed by atoms with Gasteiger partial charge in [0, 0.05) is 51.7 Å². The minimum absolute atomic E-state index is 0.0323. The number of pyridine rings is 1. The number of nitrogens with zero attached hydrogens (tertiary/aromatic N) is 3. The first kappa shape index (κ1) is 17.8. The maximum absolute atomic E-state index is 12.5. The number of hydrogen-bond donors (Lipinski definition) is 1. The third-order valence-electron chi connectivity index (χ3n) is 4.71. The van der Waals surface area contributed by atoms with Crippen LogP contribution in [0.15, 0.2) is 18.5 Å². The van der Waals surface area contributed by atoms with Gasteiger partial charge in [-0.15, -0.1) is 0 Å². The molecule has 2 aliphatic rings. The molecule has 1 aromatic heterocycles. The highest BCUT2D eigenvalue weighted by Gasteiger charge is 2.19. The van der Waals surface area contributed by atoms with Crippen molar-refractivity contribution in [3.63, 3.8) is 0 Å². The third kappa shape index (κ3) is 4.99. The Hall–Kier alpha value is -1.99. The van der Waals surface area contributed by atoms with Crippen LogP contribution in [-0.4, -0.2) is 79.1 Å². The van der Waals surface area contributed by atoms with Crippen LogP contribution in [0.1, 0.15) is 40.0 Å². The van der Waals surface area contributed by atoms with E-state index in [1.54, 1.807) is 12.3 Å². The lowest BCUT2D eigenvalue weighted by atomic mass is 10.1. The van der Waals surface area contributed by atoms with Gasteiger partial charge in [-0.3, -0.25) is 19.5 Å². The predicted octanol–water partition coefficient (Wildman–Crippen LogP) is 0.770. The molecule has 3 heterocycles. The second kappa shape index (κ2) is 8.92. The number of nitrogens with one attached hydrogen (secondary N) is 1. The number of rotatable bonds is 5. The van der Waals surface area contributed by atoms with Crippen LogP contribution in [0.25, 0.3) is 0 Å². The lowest BCUT2D eigenvalue weighted by Gasteiger charge is -2.27. The van der Waals surface area contributed by atoms with Crippen molar-refractivity contribution in [3.8, 4) is 0 Å². The van der Waals surface area contributed by atoms with Crippen molar-refractivity contribution < 1.29 is 14.3 Å². The number of piperidine rings is 1. The summed E-state index contributed by atoms with van der Waals surface area (Å²) >= 11 is 0. The van der Waals surface area contributed by atoms with E-state index in [1.807, 2.05) is 4.90 Å². The summed E-state index contributed by atoms with van der Waals surface area (Å²) in [5.41, 5.74) is 0.924. The van der Waals surface area contributed by atoms with Gasteiger partial charge in [-0.05, 0) is 25.3 Å². The molecule has 0 atom stereocenters. The lowest BCUT2D eigenvalue weighted by Crippen LogP contribution is -2.41. The van der Waals surface area contributed by atoms with Crippen LogP contribution in [-0.2, 0) is 4.74 Å². The summed E-state index contributed by atoms with van der Waals surface area (Å²) in [6.45, 7) is 6.24. The molecule has 2 saturated heterocycles. The van der Waals surface area contributed by atoms with Crippen molar-refractivity contribution in [1.82, 2.24) is 20.1 Å². The van der Waals surface area contributed by atoms with Gasteiger partial charge < -0.3 is 15.0 Å². The maximum Gasteiger partial charge on any atom is 0.255 e. The molecule has 0 radical (unpaired) electrons. The number of morpholine rings is 1. The minimum Gasteiger partial charge on any atom is -0.379 e. The molecule has 0 aliphatic carbocycles. The molecule has 1 aromatic rings. The number of ether oxygens (including phenoxy) is 1. The van der Waals surface area contributed by atoms with E-state index < -0.39 is 0 Å². The fourth-order valence-electron chi connectivity index (χ4n) is 3.22. The molecular formula is C18H26N4O3. The van der Waals surface area contributed by atoms with Gasteiger partial charge in [0.25, 0.3) is 11.8 Å². The van der Waals surface area contributed by atoms with Crippen LogP contribution in [0.5, 0.6) is 0 Å².